The number of carbonyl (C=O) groups is 1. The van der Waals surface area contributed by atoms with Gasteiger partial charge in [0.25, 0.3) is 5.91 Å². The first-order valence-electron chi connectivity index (χ1n) is 5.58. The van der Waals surface area contributed by atoms with Gasteiger partial charge in [-0.15, -0.1) is 0 Å². The lowest BCUT2D eigenvalue weighted by Gasteiger charge is -2.13. The largest absolute Gasteiger partial charge is 0.494 e. The highest BCUT2D eigenvalue weighted by atomic mass is 16.5. The lowest BCUT2D eigenvalue weighted by Crippen LogP contribution is -2.32. The monoisotopic (exact) mass is 236 g/mol. The van der Waals surface area contributed by atoms with Crippen LogP contribution in [0.5, 0.6) is 5.75 Å². The van der Waals surface area contributed by atoms with Gasteiger partial charge in [0.15, 0.2) is 0 Å². The maximum atomic E-state index is 11.9. The zero-order valence-corrected chi connectivity index (χ0v) is 9.77. The zero-order valence-electron chi connectivity index (χ0n) is 9.77. The molecule has 1 fully saturated rings. The molecular formula is C12H16N2O3. The maximum absolute atomic E-state index is 11.9. The van der Waals surface area contributed by atoms with E-state index in [0.717, 1.165) is 12.8 Å². The summed E-state index contributed by atoms with van der Waals surface area (Å²) in [5.41, 5.74) is 0.381. The van der Waals surface area contributed by atoms with Crippen molar-refractivity contribution in [2.75, 3.05) is 20.3 Å². The molecule has 0 bridgehead atoms. The summed E-state index contributed by atoms with van der Waals surface area (Å²) in [6.07, 6.45) is 5.00. The molecular weight excluding hydrogens is 220 g/mol. The number of pyridine rings is 1. The minimum Gasteiger partial charge on any atom is -0.494 e. The molecule has 1 saturated carbocycles. The van der Waals surface area contributed by atoms with Crippen LogP contribution in [0.4, 0.5) is 0 Å². The van der Waals surface area contributed by atoms with Crippen LogP contribution in [0.3, 0.4) is 0 Å². The summed E-state index contributed by atoms with van der Waals surface area (Å²) < 4.78 is 5.07. The Bertz CT molecular complexity index is 416. The molecule has 1 amide bonds. The fourth-order valence-corrected chi connectivity index (χ4v) is 1.66. The maximum Gasteiger partial charge on any atom is 0.255 e. The number of aliphatic hydroxyl groups is 1. The van der Waals surface area contributed by atoms with Crippen molar-refractivity contribution in [1.29, 1.82) is 0 Å². The van der Waals surface area contributed by atoms with E-state index in [0.29, 0.717) is 17.9 Å². The minimum atomic E-state index is -0.191. The van der Waals surface area contributed by atoms with Crippen LogP contribution in [0, 0.1) is 5.41 Å². The van der Waals surface area contributed by atoms with Gasteiger partial charge in [0.2, 0.25) is 0 Å². The number of nitrogens with zero attached hydrogens (tertiary/aromatic N) is 1. The van der Waals surface area contributed by atoms with E-state index >= 15 is 0 Å². The van der Waals surface area contributed by atoms with Gasteiger partial charge in [0.1, 0.15) is 5.75 Å². The minimum absolute atomic E-state index is 0.0874. The predicted octanol–water partition coefficient (Wildman–Crippen LogP) is 0.592. The Morgan fingerprint density at radius 3 is 3.00 bits per heavy atom. The average Bonchev–Trinajstić information content (AvgIpc) is 3.16. The van der Waals surface area contributed by atoms with E-state index in [2.05, 4.69) is 10.3 Å². The van der Waals surface area contributed by atoms with Crippen LogP contribution in [0.25, 0.3) is 0 Å². The van der Waals surface area contributed by atoms with Crippen LogP contribution in [0.2, 0.25) is 0 Å². The molecule has 5 heteroatoms. The summed E-state index contributed by atoms with van der Waals surface area (Å²) in [6.45, 7) is 0.634. The quantitative estimate of drug-likeness (QED) is 0.785. The van der Waals surface area contributed by atoms with E-state index in [-0.39, 0.29) is 17.9 Å². The zero-order chi connectivity index (χ0) is 12.3. The number of nitrogens with one attached hydrogen (secondary N) is 1. The van der Waals surface area contributed by atoms with E-state index in [1.165, 1.54) is 13.3 Å². The predicted molar refractivity (Wildman–Crippen MR) is 61.9 cm³/mol. The fraction of sp³-hybridized carbons (Fsp3) is 0.500. The molecule has 5 nitrogen and oxygen atoms in total. The van der Waals surface area contributed by atoms with Crippen molar-refractivity contribution in [1.82, 2.24) is 10.3 Å². The lowest BCUT2D eigenvalue weighted by atomic mass is 10.1. The molecule has 0 aromatic carbocycles. The topological polar surface area (TPSA) is 71.5 Å². The Balaban J connectivity index is 1.99. The van der Waals surface area contributed by atoms with E-state index in [9.17, 15) is 4.79 Å². The Hall–Kier alpha value is -1.62. The van der Waals surface area contributed by atoms with Gasteiger partial charge in [-0.1, -0.05) is 0 Å². The number of hydrogen-bond acceptors (Lipinski definition) is 4. The molecule has 1 aromatic rings. The van der Waals surface area contributed by atoms with Crippen molar-refractivity contribution >= 4 is 5.91 Å². The van der Waals surface area contributed by atoms with Gasteiger partial charge in [-0.05, 0) is 18.9 Å². The van der Waals surface area contributed by atoms with Gasteiger partial charge in [-0.3, -0.25) is 9.78 Å². The van der Waals surface area contributed by atoms with Crippen LogP contribution in [-0.4, -0.2) is 36.3 Å². The van der Waals surface area contributed by atoms with Crippen LogP contribution < -0.4 is 10.1 Å². The highest BCUT2D eigenvalue weighted by Gasteiger charge is 2.42. The molecule has 2 rings (SSSR count). The second kappa shape index (κ2) is 4.71. The van der Waals surface area contributed by atoms with Gasteiger partial charge in [-0.2, -0.15) is 0 Å². The number of hydrogen-bond donors (Lipinski definition) is 2. The average molecular weight is 236 g/mol. The molecule has 0 unspecified atom stereocenters. The summed E-state index contributed by atoms with van der Waals surface area (Å²) in [6, 6.07) is 1.62. The van der Waals surface area contributed by atoms with Gasteiger partial charge < -0.3 is 15.2 Å². The molecule has 1 heterocycles. The molecule has 1 aliphatic carbocycles. The Morgan fingerprint density at radius 1 is 1.65 bits per heavy atom. The van der Waals surface area contributed by atoms with Crippen molar-refractivity contribution in [3.05, 3.63) is 24.0 Å². The van der Waals surface area contributed by atoms with Crippen LogP contribution in [0.1, 0.15) is 23.2 Å². The molecule has 1 aromatic heterocycles. The molecule has 0 saturated heterocycles. The molecule has 0 radical (unpaired) electrons. The molecule has 2 N–H and O–H groups in total. The SMILES string of the molecule is COc1cnccc1C(=O)NCC1(CO)CC1. The lowest BCUT2D eigenvalue weighted by molar-refractivity contribution is 0.0932. The number of amides is 1. The van der Waals surface area contributed by atoms with Crippen LogP contribution in [0.15, 0.2) is 18.5 Å². The van der Waals surface area contributed by atoms with Gasteiger partial charge >= 0.3 is 0 Å². The third-order valence-corrected chi connectivity index (χ3v) is 3.17. The summed E-state index contributed by atoms with van der Waals surface area (Å²) in [5.74, 6) is 0.267. The molecule has 92 valence electrons. The summed E-state index contributed by atoms with van der Waals surface area (Å²) in [5, 5.41) is 12.0. The molecule has 1 aliphatic rings. The normalized spacial score (nSPS) is 16.4. The summed E-state index contributed by atoms with van der Waals surface area (Å²) >= 11 is 0. The number of methoxy groups -OCH3 is 1. The van der Waals surface area contributed by atoms with Crippen molar-refractivity contribution < 1.29 is 14.6 Å². The number of carbonyl (C=O) groups excluding carboxylic acids is 1. The third-order valence-electron chi connectivity index (χ3n) is 3.17. The van der Waals surface area contributed by atoms with Crippen LogP contribution >= 0.6 is 0 Å². The van der Waals surface area contributed by atoms with Crippen molar-refractivity contribution in [3.8, 4) is 5.75 Å². The second-order valence-corrected chi connectivity index (χ2v) is 4.42. The van der Waals surface area contributed by atoms with Crippen molar-refractivity contribution in [3.63, 3.8) is 0 Å². The number of ether oxygens (including phenoxy) is 1. The molecule has 0 aliphatic heterocycles. The van der Waals surface area contributed by atoms with Crippen molar-refractivity contribution in [2.24, 2.45) is 5.41 Å². The first kappa shape index (κ1) is 11.9. The van der Waals surface area contributed by atoms with E-state index in [4.69, 9.17) is 9.84 Å². The smallest absolute Gasteiger partial charge is 0.255 e. The second-order valence-electron chi connectivity index (χ2n) is 4.42. The Kier molecular flexibility index (Phi) is 3.28. The fourth-order valence-electron chi connectivity index (χ4n) is 1.66. The van der Waals surface area contributed by atoms with E-state index in [1.54, 1.807) is 12.3 Å². The first-order valence-corrected chi connectivity index (χ1v) is 5.58. The molecule has 0 atom stereocenters. The Labute approximate surface area is 99.8 Å². The van der Waals surface area contributed by atoms with E-state index in [1.807, 2.05) is 0 Å². The van der Waals surface area contributed by atoms with E-state index < -0.39 is 0 Å². The first-order chi connectivity index (χ1) is 8.21. The van der Waals surface area contributed by atoms with Gasteiger partial charge in [-0.25, -0.2) is 0 Å². The summed E-state index contributed by atoms with van der Waals surface area (Å²) in [4.78, 5) is 15.8. The van der Waals surface area contributed by atoms with Gasteiger partial charge in [0.05, 0.1) is 25.5 Å². The summed E-state index contributed by atoms with van der Waals surface area (Å²) in [7, 11) is 1.50. The Morgan fingerprint density at radius 2 is 2.41 bits per heavy atom. The van der Waals surface area contributed by atoms with Gasteiger partial charge in [0, 0.05) is 18.2 Å². The number of aromatic nitrogens is 1. The number of aliphatic hydroxyl groups excluding tert-OH is 1. The third kappa shape index (κ3) is 2.55. The highest BCUT2D eigenvalue weighted by Crippen LogP contribution is 2.44. The van der Waals surface area contributed by atoms with Crippen molar-refractivity contribution in [2.45, 2.75) is 12.8 Å². The van der Waals surface area contributed by atoms with Crippen LogP contribution in [-0.2, 0) is 0 Å². The molecule has 17 heavy (non-hydrogen) atoms. The molecule has 0 spiro atoms. The standard InChI is InChI=1S/C12H16N2O3/c1-17-10-6-13-5-2-9(10)11(16)14-7-12(8-15)3-4-12/h2,5-6,15H,3-4,7-8H2,1H3,(H,14,16). The highest BCUT2D eigenvalue weighted by molar-refractivity contribution is 5.96. The number of rotatable bonds is 5.